The number of hydrogen-bond donors (Lipinski definition) is 1. The van der Waals surface area contributed by atoms with Crippen molar-refractivity contribution in [2.45, 2.75) is 19.8 Å². The van der Waals surface area contributed by atoms with Gasteiger partial charge in [0.1, 0.15) is 0 Å². The van der Waals surface area contributed by atoms with E-state index >= 15 is 0 Å². The van der Waals surface area contributed by atoms with Crippen LogP contribution in [0, 0.1) is 0 Å². The van der Waals surface area contributed by atoms with E-state index in [0.29, 0.717) is 0 Å². The molecule has 0 spiro atoms. The predicted molar refractivity (Wildman–Crippen MR) is 53.0 cm³/mol. The minimum atomic E-state index is 0.894. The van der Waals surface area contributed by atoms with Crippen LogP contribution in [-0.2, 0) is 12.8 Å². The second-order valence-electron chi connectivity index (χ2n) is 3.13. The number of fused-ring (bicyclic) bond motifs is 1. The van der Waals surface area contributed by atoms with Gasteiger partial charge < -0.3 is 5.32 Å². The Bertz CT molecular complexity index is 306. The Labute approximate surface area is 77.7 Å². The Balaban J connectivity index is 2.49. The standard InChI is InChI=1S/C10H12ClN/c1-2-7-5-8-3-4-12-10(8)6-9(7)11/h5-6,12H,2-4H2,1H3. The van der Waals surface area contributed by atoms with E-state index in [4.69, 9.17) is 11.6 Å². The number of hydrogen-bond acceptors (Lipinski definition) is 1. The predicted octanol–water partition coefficient (Wildman–Crippen LogP) is 2.87. The maximum absolute atomic E-state index is 6.07. The summed E-state index contributed by atoms with van der Waals surface area (Å²) in [5.41, 5.74) is 3.90. The van der Waals surface area contributed by atoms with Crippen molar-refractivity contribution >= 4 is 17.3 Å². The number of anilines is 1. The number of halogens is 1. The van der Waals surface area contributed by atoms with Gasteiger partial charge in [0, 0.05) is 17.3 Å². The molecule has 1 nitrogen and oxygen atoms in total. The van der Waals surface area contributed by atoms with E-state index in [2.05, 4.69) is 18.3 Å². The van der Waals surface area contributed by atoms with Gasteiger partial charge in [-0.05, 0) is 30.0 Å². The van der Waals surface area contributed by atoms with Crippen LogP contribution >= 0.6 is 11.6 Å². The minimum absolute atomic E-state index is 0.894. The third-order valence-electron chi connectivity index (χ3n) is 2.36. The van der Waals surface area contributed by atoms with Crippen LogP contribution < -0.4 is 5.32 Å². The molecule has 1 aliphatic rings. The van der Waals surface area contributed by atoms with Crippen molar-refractivity contribution in [2.75, 3.05) is 11.9 Å². The highest BCUT2D eigenvalue weighted by atomic mass is 35.5. The maximum atomic E-state index is 6.07. The molecule has 0 radical (unpaired) electrons. The van der Waals surface area contributed by atoms with Crippen molar-refractivity contribution in [1.82, 2.24) is 0 Å². The molecule has 1 aromatic carbocycles. The van der Waals surface area contributed by atoms with Crippen LogP contribution in [-0.4, -0.2) is 6.54 Å². The van der Waals surface area contributed by atoms with Crippen molar-refractivity contribution < 1.29 is 0 Å². The van der Waals surface area contributed by atoms with Gasteiger partial charge in [-0.2, -0.15) is 0 Å². The molecule has 0 unspecified atom stereocenters. The summed E-state index contributed by atoms with van der Waals surface area (Å²) in [6.07, 6.45) is 2.16. The molecule has 1 aromatic rings. The van der Waals surface area contributed by atoms with Gasteiger partial charge in [-0.1, -0.05) is 24.6 Å². The molecule has 0 saturated heterocycles. The zero-order valence-corrected chi connectivity index (χ0v) is 7.91. The first-order valence-corrected chi connectivity index (χ1v) is 4.74. The molecule has 12 heavy (non-hydrogen) atoms. The Kier molecular flexibility index (Phi) is 1.97. The Hall–Kier alpha value is -0.690. The van der Waals surface area contributed by atoms with Gasteiger partial charge in [0.2, 0.25) is 0 Å². The maximum Gasteiger partial charge on any atom is 0.0458 e. The molecule has 2 heteroatoms. The van der Waals surface area contributed by atoms with Crippen molar-refractivity contribution in [3.8, 4) is 0 Å². The molecule has 1 heterocycles. The van der Waals surface area contributed by atoms with Crippen LogP contribution in [0.4, 0.5) is 5.69 Å². The molecular weight excluding hydrogens is 170 g/mol. The lowest BCUT2D eigenvalue weighted by atomic mass is 10.1. The molecule has 0 fully saturated rings. The lowest BCUT2D eigenvalue weighted by molar-refractivity contribution is 1.09. The average molecular weight is 182 g/mol. The topological polar surface area (TPSA) is 12.0 Å². The Morgan fingerprint density at radius 1 is 1.50 bits per heavy atom. The second kappa shape index (κ2) is 2.98. The number of nitrogens with one attached hydrogen (secondary N) is 1. The van der Waals surface area contributed by atoms with Crippen molar-refractivity contribution in [2.24, 2.45) is 0 Å². The zero-order valence-electron chi connectivity index (χ0n) is 7.15. The molecular formula is C10H12ClN. The number of rotatable bonds is 1. The van der Waals surface area contributed by atoms with Gasteiger partial charge >= 0.3 is 0 Å². The highest BCUT2D eigenvalue weighted by Crippen LogP contribution is 2.29. The van der Waals surface area contributed by atoms with Gasteiger partial charge in [-0.25, -0.2) is 0 Å². The van der Waals surface area contributed by atoms with E-state index in [0.717, 1.165) is 24.4 Å². The molecule has 2 rings (SSSR count). The summed E-state index contributed by atoms with van der Waals surface area (Å²) in [5, 5.41) is 4.20. The fraction of sp³-hybridized carbons (Fsp3) is 0.400. The minimum Gasteiger partial charge on any atom is -0.384 e. The van der Waals surface area contributed by atoms with E-state index in [1.807, 2.05) is 6.07 Å². The highest BCUT2D eigenvalue weighted by molar-refractivity contribution is 6.31. The van der Waals surface area contributed by atoms with Gasteiger partial charge in [0.05, 0.1) is 0 Å². The molecule has 0 bridgehead atoms. The zero-order chi connectivity index (χ0) is 8.55. The van der Waals surface area contributed by atoms with Gasteiger partial charge in [0.25, 0.3) is 0 Å². The molecule has 0 aliphatic carbocycles. The average Bonchev–Trinajstić information content (AvgIpc) is 2.49. The number of benzene rings is 1. The first-order chi connectivity index (χ1) is 5.81. The van der Waals surface area contributed by atoms with Crippen LogP contribution in [0.1, 0.15) is 18.1 Å². The Morgan fingerprint density at radius 3 is 3.08 bits per heavy atom. The van der Waals surface area contributed by atoms with Gasteiger partial charge in [-0.15, -0.1) is 0 Å². The smallest absolute Gasteiger partial charge is 0.0458 e. The van der Waals surface area contributed by atoms with Gasteiger partial charge in [-0.3, -0.25) is 0 Å². The number of aryl methyl sites for hydroxylation is 1. The quantitative estimate of drug-likeness (QED) is 0.703. The lowest BCUT2D eigenvalue weighted by Crippen LogP contribution is -1.90. The largest absolute Gasteiger partial charge is 0.384 e. The fourth-order valence-corrected chi connectivity index (χ4v) is 1.94. The summed E-state index contributed by atoms with van der Waals surface area (Å²) >= 11 is 6.07. The second-order valence-corrected chi connectivity index (χ2v) is 3.54. The normalized spacial score (nSPS) is 14.2. The molecule has 0 saturated carbocycles. The summed E-state index contributed by atoms with van der Waals surface area (Å²) in [5.74, 6) is 0. The van der Waals surface area contributed by atoms with Crippen LogP contribution in [0.25, 0.3) is 0 Å². The highest BCUT2D eigenvalue weighted by Gasteiger charge is 2.11. The van der Waals surface area contributed by atoms with Gasteiger partial charge in [0.15, 0.2) is 0 Å². The van der Waals surface area contributed by atoms with E-state index in [1.165, 1.54) is 16.8 Å². The van der Waals surface area contributed by atoms with Crippen LogP contribution in [0.15, 0.2) is 12.1 Å². The van der Waals surface area contributed by atoms with Crippen LogP contribution in [0.5, 0.6) is 0 Å². The molecule has 64 valence electrons. The van der Waals surface area contributed by atoms with Crippen LogP contribution in [0.3, 0.4) is 0 Å². The van der Waals surface area contributed by atoms with Crippen molar-refractivity contribution in [3.63, 3.8) is 0 Å². The van der Waals surface area contributed by atoms with E-state index < -0.39 is 0 Å². The molecule has 0 aromatic heterocycles. The SMILES string of the molecule is CCc1cc2c(cc1Cl)NCC2. The molecule has 0 atom stereocenters. The third kappa shape index (κ3) is 1.18. The van der Waals surface area contributed by atoms with E-state index in [1.54, 1.807) is 0 Å². The summed E-state index contributed by atoms with van der Waals surface area (Å²) in [6.45, 7) is 3.19. The fourth-order valence-electron chi connectivity index (χ4n) is 1.64. The van der Waals surface area contributed by atoms with Crippen molar-refractivity contribution in [3.05, 3.63) is 28.3 Å². The van der Waals surface area contributed by atoms with Crippen LogP contribution in [0.2, 0.25) is 5.02 Å². The summed E-state index contributed by atoms with van der Waals surface area (Å²) in [7, 11) is 0. The van der Waals surface area contributed by atoms with E-state index in [9.17, 15) is 0 Å². The first kappa shape index (κ1) is 7.93. The third-order valence-corrected chi connectivity index (χ3v) is 2.71. The summed E-state index contributed by atoms with van der Waals surface area (Å²) in [4.78, 5) is 0. The first-order valence-electron chi connectivity index (χ1n) is 4.36. The molecule has 1 aliphatic heterocycles. The molecule has 1 N–H and O–H groups in total. The van der Waals surface area contributed by atoms with E-state index in [-0.39, 0.29) is 0 Å². The van der Waals surface area contributed by atoms with Crippen molar-refractivity contribution in [1.29, 1.82) is 0 Å². The monoisotopic (exact) mass is 181 g/mol. The summed E-state index contributed by atoms with van der Waals surface area (Å²) < 4.78 is 0. The Morgan fingerprint density at radius 2 is 2.33 bits per heavy atom. The molecule has 0 amide bonds. The summed E-state index contributed by atoms with van der Waals surface area (Å²) in [6, 6.07) is 4.26. The lowest BCUT2D eigenvalue weighted by Gasteiger charge is -2.04.